The number of pyridine rings is 1. The maximum atomic E-state index is 11.3. The molecule has 0 aromatic carbocycles. The lowest BCUT2D eigenvalue weighted by atomic mass is 10.1. The van der Waals surface area contributed by atoms with Crippen molar-refractivity contribution in [2.75, 3.05) is 30.3 Å². The number of nitrogen functional groups attached to an aromatic ring is 1. The topological polar surface area (TPSA) is 94.5 Å². The highest BCUT2D eigenvalue weighted by molar-refractivity contribution is 5.98. The number of nitrogens with zero attached hydrogens (tertiary/aromatic N) is 2. The Hall–Kier alpha value is -1.82. The average Bonchev–Trinajstić information content (AvgIpc) is 2.40. The number of anilines is 2. The van der Waals surface area contributed by atoms with Gasteiger partial charge in [0.1, 0.15) is 5.82 Å². The van der Waals surface area contributed by atoms with Crippen molar-refractivity contribution in [2.45, 2.75) is 25.9 Å². The van der Waals surface area contributed by atoms with Gasteiger partial charge in [0.2, 0.25) is 0 Å². The molecule has 6 nitrogen and oxygen atoms in total. The van der Waals surface area contributed by atoms with E-state index < -0.39 is 5.91 Å². The second-order valence-electron chi connectivity index (χ2n) is 4.64. The van der Waals surface area contributed by atoms with Crippen LogP contribution in [0.4, 0.5) is 11.5 Å². The summed E-state index contributed by atoms with van der Waals surface area (Å²) in [6.45, 7) is 4.48. The molecule has 1 saturated heterocycles. The van der Waals surface area contributed by atoms with E-state index in [9.17, 15) is 4.79 Å². The number of amides is 1. The fraction of sp³-hybridized carbons (Fsp3) is 0.538. The lowest BCUT2D eigenvalue weighted by Crippen LogP contribution is -2.37. The van der Waals surface area contributed by atoms with Gasteiger partial charge in [0.05, 0.1) is 23.6 Å². The van der Waals surface area contributed by atoms with E-state index in [0.29, 0.717) is 17.4 Å². The molecule has 1 aliphatic heterocycles. The van der Waals surface area contributed by atoms with Crippen molar-refractivity contribution in [3.8, 4) is 0 Å². The van der Waals surface area contributed by atoms with Crippen molar-refractivity contribution in [1.29, 1.82) is 0 Å². The SMILES string of the molecule is CCOC1CCN(c2cc(C(N)=O)c(N)cn2)CC1. The van der Waals surface area contributed by atoms with Crippen molar-refractivity contribution in [3.05, 3.63) is 17.8 Å². The number of primary amides is 1. The monoisotopic (exact) mass is 264 g/mol. The number of aromatic nitrogens is 1. The summed E-state index contributed by atoms with van der Waals surface area (Å²) in [5, 5.41) is 0. The van der Waals surface area contributed by atoms with E-state index in [0.717, 1.165) is 38.4 Å². The largest absolute Gasteiger partial charge is 0.397 e. The van der Waals surface area contributed by atoms with Crippen LogP contribution in [0.25, 0.3) is 0 Å². The van der Waals surface area contributed by atoms with Crippen molar-refractivity contribution in [1.82, 2.24) is 4.98 Å². The molecule has 2 rings (SSSR count). The van der Waals surface area contributed by atoms with E-state index in [2.05, 4.69) is 9.88 Å². The molecular weight excluding hydrogens is 244 g/mol. The molecule has 0 saturated carbocycles. The van der Waals surface area contributed by atoms with Crippen LogP contribution in [0.5, 0.6) is 0 Å². The first-order valence-electron chi connectivity index (χ1n) is 6.53. The first-order valence-corrected chi connectivity index (χ1v) is 6.53. The van der Waals surface area contributed by atoms with Crippen molar-refractivity contribution in [3.63, 3.8) is 0 Å². The van der Waals surface area contributed by atoms with E-state index in [-0.39, 0.29) is 0 Å². The predicted octanol–water partition coefficient (Wildman–Crippen LogP) is 0.768. The second-order valence-corrected chi connectivity index (χ2v) is 4.64. The van der Waals surface area contributed by atoms with Crippen LogP contribution < -0.4 is 16.4 Å². The van der Waals surface area contributed by atoms with Crippen LogP contribution in [0.3, 0.4) is 0 Å². The number of carbonyl (C=O) groups excluding carboxylic acids is 1. The van der Waals surface area contributed by atoms with Gasteiger partial charge in [-0.2, -0.15) is 0 Å². The van der Waals surface area contributed by atoms with Crippen LogP contribution >= 0.6 is 0 Å². The number of hydrogen-bond donors (Lipinski definition) is 2. The molecule has 1 fully saturated rings. The molecule has 1 amide bonds. The number of rotatable bonds is 4. The third-order valence-corrected chi connectivity index (χ3v) is 3.35. The number of carbonyl (C=O) groups is 1. The second kappa shape index (κ2) is 5.88. The normalized spacial score (nSPS) is 16.6. The maximum Gasteiger partial charge on any atom is 0.250 e. The Morgan fingerprint density at radius 3 is 2.79 bits per heavy atom. The zero-order valence-electron chi connectivity index (χ0n) is 11.1. The van der Waals surface area contributed by atoms with Crippen LogP contribution in [0.2, 0.25) is 0 Å². The molecule has 0 aliphatic carbocycles. The van der Waals surface area contributed by atoms with Crippen LogP contribution in [0.15, 0.2) is 12.3 Å². The highest BCUT2D eigenvalue weighted by atomic mass is 16.5. The summed E-state index contributed by atoms with van der Waals surface area (Å²) in [6.07, 6.45) is 3.74. The van der Waals surface area contributed by atoms with Gasteiger partial charge >= 0.3 is 0 Å². The van der Waals surface area contributed by atoms with Gasteiger partial charge < -0.3 is 21.1 Å². The summed E-state index contributed by atoms with van der Waals surface area (Å²) in [6, 6.07) is 1.67. The Kier molecular flexibility index (Phi) is 4.21. The third-order valence-electron chi connectivity index (χ3n) is 3.35. The summed E-state index contributed by atoms with van der Waals surface area (Å²) in [5.74, 6) is 0.225. The van der Waals surface area contributed by atoms with Gasteiger partial charge in [-0.25, -0.2) is 4.98 Å². The first kappa shape index (κ1) is 13.6. The fourth-order valence-corrected chi connectivity index (χ4v) is 2.33. The Labute approximate surface area is 112 Å². The summed E-state index contributed by atoms with van der Waals surface area (Å²) >= 11 is 0. The lowest BCUT2D eigenvalue weighted by molar-refractivity contribution is 0.0458. The van der Waals surface area contributed by atoms with Crippen LogP contribution in [-0.4, -0.2) is 36.7 Å². The van der Waals surface area contributed by atoms with Crippen LogP contribution in [0, 0.1) is 0 Å². The lowest BCUT2D eigenvalue weighted by Gasteiger charge is -2.32. The third kappa shape index (κ3) is 3.14. The summed E-state index contributed by atoms with van der Waals surface area (Å²) < 4.78 is 5.61. The van der Waals surface area contributed by atoms with E-state index in [1.54, 1.807) is 6.07 Å². The highest BCUT2D eigenvalue weighted by Gasteiger charge is 2.21. The zero-order valence-corrected chi connectivity index (χ0v) is 11.1. The standard InChI is InChI=1S/C13H20N4O2/c1-2-19-9-3-5-17(6-4-9)12-7-10(13(15)18)11(14)8-16-12/h7-9H,2-6,14H2,1H3,(H2,15,18). The molecule has 1 aliphatic rings. The number of hydrogen-bond acceptors (Lipinski definition) is 5. The van der Waals surface area contributed by atoms with Gasteiger partial charge in [0.15, 0.2) is 0 Å². The molecule has 2 heterocycles. The number of ether oxygens (including phenoxy) is 1. The van der Waals surface area contributed by atoms with Crippen molar-refractivity contribution in [2.24, 2.45) is 5.73 Å². The molecular formula is C13H20N4O2. The molecule has 0 atom stereocenters. The van der Waals surface area contributed by atoms with Gasteiger partial charge in [-0.1, -0.05) is 0 Å². The Morgan fingerprint density at radius 1 is 1.53 bits per heavy atom. The Morgan fingerprint density at radius 2 is 2.21 bits per heavy atom. The minimum absolute atomic E-state index is 0.320. The van der Waals surface area contributed by atoms with E-state index >= 15 is 0 Å². The van der Waals surface area contributed by atoms with Crippen molar-refractivity contribution >= 4 is 17.4 Å². The molecule has 1 aromatic rings. The molecule has 104 valence electrons. The minimum atomic E-state index is -0.523. The van der Waals surface area contributed by atoms with Gasteiger partial charge in [-0.3, -0.25) is 4.79 Å². The smallest absolute Gasteiger partial charge is 0.250 e. The van der Waals surface area contributed by atoms with E-state index in [1.165, 1.54) is 6.20 Å². The van der Waals surface area contributed by atoms with Crippen LogP contribution in [-0.2, 0) is 4.74 Å². The van der Waals surface area contributed by atoms with Crippen LogP contribution in [0.1, 0.15) is 30.1 Å². The number of piperidine rings is 1. The summed E-state index contributed by atoms with van der Waals surface area (Å²) in [5.41, 5.74) is 11.6. The van der Waals surface area contributed by atoms with Gasteiger partial charge in [0, 0.05) is 19.7 Å². The number of nitrogens with two attached hydrogens (primary N) is 2. The highest BCUT2D eigenvalue weighted by Crippen LogP contribution is 2.22. The molecule has 1 aromatic heterocycles. The Bertz CT molecular complexity index is 456. The molecule has 19 heavy (non-hydrogen) atoms. The Balaban J connectivity index is 2.07. The van der Waals surface area contributed by atoms with Gasteiger partial charge in [-0.05, 0) is 25.8 Å². The fourth-order valence-electron chi connectivity index (χ4n) is 2.33. The molecule has 0 bridgehead atoms. The zero-order chi connectivity index (χ0) is 13.8. The molecule has 6 heteroatoms. The molecule has 0 spiro atoms. The minimum Gasteiger partial charge on any atom is -0.397 e. The molecule has 0 radical (unpaired) electrons. The molecule has 0 unspecified atom stereocenters. The van der Waals surface area contributed by atoms with E-state index in [4.69, 9.17) is 16.2 Å². The van der Waals surface area contributed by atoms with Gasteiger partial charge in [-0.15, -0.1) is 0 Å². The maximum absolute atomic E-state index is 11.3. The predicted molar refractivity (Wildman–Crippen MR) is 74.0 cm³/mol. The first-order chi connectivity index (χ1) is 9.11. The summed E-state index contributed by atoms with van der Waals surface area (Å²) in [7, 11) is 0. The average molecular weight is 264 g/mol. The quantitative estimate of drug-likeness (QED) is 0.837. The summed E-state index contributed by atoms with van der Waals surface area (Å²) in [4.78, 5) is 17.7. The van der Waals surface area contributed by atoms with Gasteiger partial charge in [0.25, 0.3) is 5.91 Å². The molecule has 4 N–H and O–H groups in total. The van der Waals surface area contributed by atoms with Crippen molar-refractivity contribution < 1.29 is 9.53 Å². The van der Waals surface area contributed by atoms with E-state index in [1.807, 2.05) is 6.92 Å².